The third kappa shape index (κ3) is 4.91. The summed E-state index contributed by atoms with van der Waals surface area (Å²) in [4.78, 5) is 0. The van der Waals surface area contributed by atoms with Crippen molar-refractivity contribution in [3.63, 3.8) is 0 Å². The fourth-order valence-electron chi connectivity index (χ4n) is 4.40. The summed E-state index contributed by atoms with van der Waals surface area (Å²) < 4.78 is -3.82. The SMILES string of the molecule is [Cl][Au]=[P](c1ccccc1)(c1ccccc1)c1ccc([P](=[Au][Cl])(c2ccccc2)c2ccccc2)cc1. The molecule has 0 aliphatic carbocycles. The van der Waals surface area contributed by atoms with Crippen LogP contribution in [0.3, 0.4) is 0 Å². The van der Waals surface area contributed by atoms with Crippen LogP contribution in [0.1, 0.15) is 0 Å². The van der Waals surface area contributed by atoms with Crippen LogP contribution in [0.25, 0.3) is 0 Å². The molecule has 0 aromatic heterocycles. The first-order chi connectivity index (χ1) is 17.8. The van der Waals surface area contributed by atoms with Crippen LogP contribution < -0.4 is 31.8 Å². The van der Waals surface area contributed by atoms with Gasteiger partial charge in [0.25, 0.3) is 0 Å². The normalized spacial score (nSPS) is 12.1. The van der Waals surface area contributed by atoms with Crippen molar-refractivity contribution >= 4 is 59.6 Å². The second-order valence-electron chi connectivity index (χ2n) is 8.04. The van der Waals surface area contributed by atoms with Gasteiger partial charge in [-0.15, -0.1) is 0 Å². The van der Waals surface area contributed by atoms with Crippen molar-refractivity contribution < 1.29 is 35.3 Å². The summed E-state index contributed by atoms with van der Waals surface area (Å²) in [5, 5.41) is 8.05. The molecule has 0 N–H and O–H groups in total. The van der Waals surface area contributed by atoms with E-state index < -0.39 is 44.7 Å². The van der Waals surface area contributed by atoms with E-state index in [2.05, 4.69) is 146 Å². The van der Waals surface area contributed by atoms with Gasteiger partial charge in [0.05, 0.1) is 0 Å². The molecule has 0 atom stereocenters. The Bertz CT molecular complexity index is 1330. The summed E-state index contributed by atoms with van der Waals surface area (Å²) in [5.41, 5.74) is 0. The molecule has 0 bridgehead atoms. The van der Waals surface area contributed by atoms with Gasteiger partial charge in [-0.3, -0.25) is 0 Å². The molecule has 36 heavy (non-hydrogen) atoms. The second kappa shape index (κ2) is 12.3. The molecule has 0 radical (unpaired) electrons. The van der Waals surface area contributed by atoms with E-state index in [9.17, 15) is 0 Å². The van der Waals surface area contributed by atoms with Gasteiger partial charge in [0, 0.05) is 0 Å². The van der Waals surface area contributed by atoms with Crippen molar-refractivity contribution in [2.24, 2.45) is 0 Å². The first-order valence-electron chi connectivity index (χ1n) is 11.3. The maximum atomic E-state index is 7.01. The minimum absolute atomic E-state index is 0.501. The number of hydrogen-bond acceptors (Lipinski definition) is 0. The molecule has 190 valence electrons. The molecule has 0 saturated carbocycles. The van der Waals surface area contributed by atoms with E-state index >= 15 is 0 Å². The van der Waals surface area contributed by atoms with Crippen LogP contribution in [0, 0.1) is 0 Å². The summed E-state index contributed by atoms with van der Waals surface area (Å²) in [7, 11) is 14.0. The van der Waals surface area contributed by atoms with Gasteiger partial charge in [-0.2, -0.15) is 0 Å². The van der Waals surface area contributed by atoms with Gasteiger partial charge in [0.1, 0.15) is 0 Å². The molecule has 0 spiro atoms. The maximum absolute atomic E-state index is 7.01. The van der Waals surface area contributed by atoms with Crippen LogP contribution in [-0.4, -0.2) is 0 Å². The zero-order valence-electron chi connectivity index (χ0n) is 19.1. The number of hydrogen-bond donors (Lipinski definition) is 0. The Labute approximate surface area is 238 Å². The molecule has 0 aliphatic rings. The molecule has 6 heteroatoms. The molecule has 5 rings (SSSR count). The van der Waals surface area contributed by atoms with Crippen molar-refractivity contribution in [1.82, 2.24) is 0 Å². The third-order valence-electron chi connectivity index (χ3n) is 6.04. The standard InChI is InChI=1S/C30H24P2.2Au.2ClH/c1-5-13-25(14-6-1)31(26-15-7-2-8-16-26)29-21-23-30(24-22-29)32(27-17-9-3-10-18-27)28-19-11-4-12-20-28;;;;/h1-24H;;;2*1H/q;2*+1;;/p-2. The number of halogens is 2. The predicted molar refractivity (Wildman–Crippen MR) is 156 cm³/mol. The van der Waals surface area contributed by atoms with E-state index in [0.29, 0.717) is 0 Å². The summed E-state index contributed by atoms with van der Waals surface area (Å²) in [6, 6.07) is 52.8. The van der Waals surface area contributed by atoms with Crippen molar-refractivity contribution in [3.05, 3.63) is 146 Å². The van der Waals surface area contributed by atoms with Gasteiger partial charge in [-0.1, -0.05) is 0 Å². The molecule has 0 amide bonds. The summed E-state index contributed by atoms with van der Waals surface area (Å²) in [6.45, 7) is 0. The van der Waals surface area contributed by atoms with Crippen LogP contribution in [0.4, 0.5) is 0 Å². The van der Waals surface area contributed by atoms with E-state index in [4.69, 9.17) is 18.4 Å². The molecule has 0 fully saturated rings. The molecule has 0 nitrogen and oxygen atoms in total. The fraction of sp³-hybridized carbons (Fsp3) is 0. The first-order valence-corrected chi connectivity index (χ1v) is 25.7. The van der Waals surface area contributed by atoms with E-state index in [1.807, 2.05) is 0 Å². The Morgan fingerprint density at radius 1 is 0.306 bits per heavy atom. The minimum atomic E-state index is -1.91. The first kappa shape index (κ1) is 26.6. The average molecular weight is 911 g/mol. The quantitative estimate of drug-likeness (QED) is 0.134. The second-order valence-corrected chi connectivity index (χ2v) is 29.4. The molecule has 0 unspecified atom stereocenters. The fourth-order valence-corrected chi connectivity index (χ4v) is 28.1. The van der Waals surface area contributed by atoms with Gasteiger partial charge in [-0.05, 0) is 0 Å². The Hall–Kier alpha value is -0.979. The van der Waals surface area contributed by atoms with Crippen LogP contribution in [-0.2, 0) is 35.3 Å². The molecule has 5 aromatic rings. The molecule has 0 heterocycles. The predicted octanol–water partition coefficient (Wildman–Crippen LogP) is 6.58. The monoisotopic (exact) mass is 910 g/mol. The number of benzene rings is 5. The van der Waals surface area contributed by atoms with Crippen LogP contribution in [0.2, 0.25) is 0 Å². The van der Waals surface area contributed by atoms with Crippen molar-refractivity contribution in [1.29, 1.82) is 0 Å². The van der Waals surface area contributed by atoms with Crippen LogP contribution >= 0.6 is 27.8 Å². The average Bonchev–Trinajstić information content (AvgIpc) is 2.97. The van der Waals surface area contributed by atoms with Gasteiger partial charge in [0.15, 0.2) is 0 Å². The van der Waals surface area contributed by atoms with Gasteiger partial charge in [0.2, 0.25) is 0 Å². The Morgan fingerprint density at radius 3 is 0.694 bits per heavy atom. The van der Waals surface area contributed by atoms with Gasteiger partial charge < -0.3 is 0 Å². The van der Waals surface area contributed by atoms with E-state index in [1.54, 1.807) is 0 Å². The Kier molecular flexibility index (Phi) is 9.06. The molecular weight excluding hydrogens is 887 g/mol. The summed E-state index contributed by atoms with van der Waals surface area (Å²) >= 11 is -1.00. The van der Waals surface area contributed by atoms with Gasteiger partial charge >= 0.3 is 240 Å². The van der Waals surface area contributed by atoms with Gasteiger partial charge in [-0.25, -0.2) is 0 Å². The van der Waals surface area contributed by atoms with Crippen LogP contribution in [0.15, 0.2) is 146 Å². The summed E-state index contributed by atoms with van der Waals surface area (Å²) in [5.74, 6) is 0. The van der Waals surface area contributed by atoms with Crippen molar-refractivity contribution in [2.45, 2.75) is 0 Å². The number of rotatable bonds is 6. The Morgan fingerprint density at radius 2 is 0.500 bits per heavy atom. The summed E-state index contributed by atoms with van der Waals surface area (Å²) in [6.07, 6.45) is 0. The molecular formula is C30H24Au2Cl2P2. The van der Waals surface area contributed by atoms with E-state index in [1.165, 1.54) is 31.8 Å². The molecule has 0 saturated heterocycles. The van der Waals surface area contributed by atoms with E-state index in [-0.39, 0.29) is 0 Å². The zero-order valence-corrected chi connectivity index (χ0v) is 26.7. The third-order valence-corrected chi connectivity index (χ3v) is 33.0. The van der Waals surface area contributed by atoms with Crippen molar-refractivity contribution in [2.75, 3.05) is 0 Å². The van der Waals surface area contributed by atoms with E-state index in [0.717, 1.165) is 0 Å². The molecule has 5 aromatic carbocycles. The molecule has 0 aliphatic heterocycles. The van der Waals surface area contributed by atoms with Crippen LogP contribution in [0.5, 0.6) is 0 Å². The zero-order chi connectivity index (χ0) is 24.8. The Balaban J connectivity index is 1.74. The topological polar surface area (TPSA) is 0 Å². The van der Waals surface area contributed by atoms with Crippen molar-refractivity contribution in [3.8, 4) is 0 Å².